The maximum atomic E-state index is 13.3. The van der Waals surface area contributed by atoms with Crippen molar-refractivity contribution in [1.29, 1.82) is 0 Å². The molecular weight excluding hydrogens is 223 g/mol. The van der Waals surface area contributed by atoms with Gasteiger partial charge < -0.3 is 5.73 Å². The number of hydrogen-bond donors (Lipinski definition) is 1. The molecule has 0 saturated carbocycles. The van der Waals surface area contributed by atoms with E-state index in [0.29, 0.717) is 5.56 Å². The first kappa shape index (κ1) is 11.5. The molecule has 0 radical (unpaired) electrons. The van der Waals surface area contributed by atoms with Gasteiger partial charge in [0.1, 0.15) is 10.8 Å². The minimum Gasteiger partial charge on any atom is -0.389 e. The van der Waals surface area contributed by atoms with Crippen LogP contribution >= 0.6 is 12.2 Å². The van der Waals surface area contributed by atoms with Crippen molar-refractivity contribution in [1.82, 2.24) is 4.90 Å². The van der Waals surface area contributed by atoms with Gasteiger partial charge >= 0.3 is 0 Å². The highest BCUT2D eigenvalue weighted by atomic mass is 32.1. The summed E-state index contributed by atoms with van der Waals surface area (Å²) in [6, 6.07) is 4.82. The van der Waals surface area contributed by atoms with Gasteiger partial charge in [-0.2, -0.15) is 0 Å². The van der Waals surface area contributed by atoms with Crippen LogP contribution in [0.1, 0.15) is 24.0 Å². The third kappa shape index (κ3) is 2.77. The fourth-order valence-corrected chi connectivity index (χ4v) is 2.20. The van der Waals surface area contributed by atoms with Gasteiger partial charge in [-0.25, -0.2) is 4.39 Å². The summed E-state index contributed by atoms with van der Waals surface area (Å²) < 4.78 is 13.3. The molecule has 4 heteroatoms. The second kappa shape index (κ2) is 4.89. The molecule has 1 saturated heterocycles. The van der Waals surface area contributed by atoms with E-state index >= 15 is 0 Å². The predicted octanol–water partition coefficient (Wildman–Crippen LogP) is 2.06. The van der Waals surface area contributed by atoms with Crippen molar-refractivity contribution < 1.29 is 4.39 Å². The fourth-order valence-electron chi connectivity index (χ4n) is 2.08. The summed E-state index contributed by atoms with van der Waals surface area (Å²) in [7, 11) is 0. The first-order valence-corrected chi connectivity index (χ1v) is 5.87. The number of thiocarbonyl (C=S) groups is 1. The topological polar surface area (TPSA) is 29.3 Å². The highest BCUT2D eigenvalue weighted by Gasteiger charge is 2.12. The van der Waals surface area contributed by atoms with Crippen molar-refractivity contribution >= 4 is 17.2 Å². The highest BCUT2D eigenvalue weighted by molar-refractivity contribution is 7.80. The van der Waals surface area contributed by atoms with E-state index in [1.54, 1.807) is 6.07 Å². The van der Waals surface area contributed by atoms with Crippen LogP contribution in [0, 0.1) is 5.82 Å². The summed E-state index contributed by atoms with van der Waals surface area (Å²) in [6.07, 6.45) is 2.47. The van der Waals surface area contributed by atoms with Gasteiger partial charge in [0.15, 0.2) is 0 Å². The Bertz CT molecular complexity index is 400. The fraction of sp³-hybridized carbons (Fsp3) is 0.417. The van der Waals surface area contributed by atoms with Gasteiger partial charge in [0.2, 0.25) is 0 Å². The van der Waals surface area contributed by atoms with E-state index in [1.807, 2.05) is 6.07 Å². The third-order valence-electron chi connectivity index (χ3n) is 2.85. The van der Waals surface area contributed by atoms with Gasteiger partial charge in [0, 0.05) is 12.1 Å². The first-order chi connectivity index (χ1) is 7.65. The largest absolute Gasteiger partial charge is 0.389 e. The lowest BCUT2D eigenvalue weighted by Crippen LogP contribution is -2.19. The number of rotatable bonds is 3. The van der Waals surface area contributed by atoms with Crippen LogP contribution in [0.15, 0.2) is 18.2 Å². The molecule has 2 nitrogen and oxygen atoms in total. The second-order valence-electron chi connectivity index (χ2n) is 4.20. The van der Waals surface area contributed by atoms with E-state index in [4.69, 9.17) is 18.0 Å². The van der Waals surface area contributed by atoms with Gasteiger partial charge in [-0.15, -0.1) is 0 Å². The van der Waals surface area contributed by atoms with Crippen molar-refractivity contribution in [2.45, 2.75) is 19.4 Å². The van der Waals surface area contributed by atoms with E-state index in [-0.39, 0.29) is 10.8 Å². The molecular formula is C12H15FN2S. The molecule has 16 heavy (non-hydrogen) atoms. The summed E-state index contributed by atoms with van der Waals surface area (Å²) in [4.78, 5) is 2.57. The predicted molar refractivity (Wildman–Crippen MR) is 66.8 cm³/mol. The summed E-state index contributed by atoms with van der Waals surface area (Å²) in [5.74, 6) is -0.264. The zero-order chi connectivity index (χ0) is 11.5. The number of nitrogens with zero attached hydrogens (tertiary/aromatic N) is 1. The number of benzene rings is 1. The average molecular weight is 238 g/mol. The van der Waals surface area contributed by atoms with Crippen molar-refractivity contribution in [2.24, 2.45) is 5.73 Å². The molecule has 1 heterocycles. The Hall–Kier alpha value is -1.00. The average Bonchev–Trinajstić information content (AvgIpc) is 2.69. The maximum Gasteiger partial charge on any atom is 0.124 e. The minimum atomic E-state index is -0.264. The number of hydrogen-bond acceptors (Lipinski definition) is 2. The Balaban J connectivity index is 2.16. The zero-order valence-electron chi connectivity index (χ0n) is 9.08. The third-order valence-corrected chi connectivity index (χ3v) is 3.08. The van der Waals surface area contributed by atoms with E-state index in [0.717, 1.165) is 25.2 Å². The quantitative estimate of drug-likeness (QED) is 0.817. The van der Waals surface area contributed by atoms with Crippen LogP contribution in [0.2, 0.25) is 0 Å². The maximum absolute atomic E-state index is 13.3. The molecule has 0 unspecified atom stereocenters. The molecule has 1 fully saturated rings. The summed E-state index contributed by atoms with van der Waals surface area (Å²) in [5, 5.41) is 0. The van der Waals surface area contributed by atoms with Crippen LogP contribution < -0.4 is 5.73 Å². The second-order valence-corrected chi connectivity index (χ2v) is 4.64. The molecule has 0 aromatic heterocycles. The molecule has 0 amide bonds. The molecule has 2 N–H and O–H groups in total. The number of likely N-dealkylation sites (tertiary alicyclic amines) is 1. The standard InChI is InChI=1S/C12H15FN2S/c13-11-6-9(5-10(7-11)12(14)16)8-15-3-1-2-4-15/h5-7H,1-4,8H2,(H2,14,16). The number of halogens is 1. The Kier molecular flexibility index (Phi) is 3.51. The summed E-state index contributed by atoms with van der Waals surface area (Å²) in [6.45, 7) is 2.98. The lowest BCUT2D eigenvalue weighted by Gasteiger charge is -2.15. The van der Waals surface area contributed by atoms with Gasteiger partial charge in [0.05, 0.1) is 0 Å². The van der Waals surface area contributed by atoms with Crippen LogP contribution in [-0.4, -0.2) is 23.0 Å². The molecule has 1 aromatic rings. The molecule has 0 atom stereocenters. The molecule has 0 bridgehead atoms. The highest BCUT2D eigenvalue weighted by Crippen LogP contribution is 2.15. The van der Waals surface area contributed by atoms with Gasteiger partial charge in [-0.3, -0.25) is 4.90 Å². The van der Waals surface area contributed by atoms with E-state index in [1.165, 1.54) is 18.9 Å². The van der Waals surface area contributed by atoms with Gasteiger partial charge in [0.25, 0.3) is 0 Å². The van der Waals surface area contributed by atoms with E-state index in [2.05, 4.69) is 4.90 Å². The zero-order valence-corrected chi connectivity index (χ0v) is 9.89. The van der Waals surface area contributed by atoms with Crippen molar-refractivity contribution in [3.05, 3.63) is 35.1 Å². The lowest BCUT2D eigenvalue weighted by molar-refractivity contribution is 0.331. The smallest absolute Gasteiger partial charge is 0.124 e. The summed E-state index contributed by atoms with van der Waals surface area (Å²) >= 11 is 4.86. The molecule has 1 aliphatic rings. The molecule has 86 valence electrons. The molecule has 0 spiro atoms. The molecule has 2 rings (SSSR count). The van der Waals surface area contributed by atoms with Crippen LogP contribution in [0.25, 0.3) is 0 Å². The van der Waals surface area contributed by atoms with Crippen LogP contribution in [-0.2, 0) is 6.54 Å². The number of nitrogens with two attached hydrogens (primary N) is 1. The van der Waals surface area contributed by atoms with Crippen LogP contribution in [0.3, 0.4) is 0 Å². The van der Waals surface area contributed by atoms with E-state index < -0.39 is 0 Å². The van der Waals surface area contributed by atoms with Crippen molar-refractivity contribution in [3.8, 4) is 0 Å². The van der Waals surface area contributed by atoms with Gasteiger partial charge in [-0.05, 0) is 49.7 Å². The van der Waals surface area contributed by atoms with Crippen molar-refractivity contribution in [3.63, 3.8) is 0 Å². The molecule has 1 aromatic carbocycles. The van der Waals surface area contributed by atoms with E-state index in [9.17, 15) is 4.39 Å². The normalized spacial score (nSPS) is 16.6. The SMILES string of the molecule is NC(=S)c1cc(F)cc(CN2CCCC2)c1. The minimum absolute atomic E-state index is 0.252. The Labute approximate surface area is 100 Å². The Morgan fingerprint density at radius 1 is 1.31 bits per heavy atom. The first-order valence-electron chi connectivity index (χ1n) is 5.47. The monoisotopic (exact) mass is 238 g/mol. The van der Waals surface area contributed by atoms with Crippen LogP contribution in [0.4, 0.5) is 4.39 Å². The Morgan fingerprint density at radius 3 is 2.62 bits per heavy atom. The van der Waals surface area contributed by atoms with Crippen LogP contribution in [0.5, 0.6) is 0 Å². The molecule has 0 aliphatic carbocycles. The Morgan fingerprint density at radius 2 is 2.00 bits per heavy atom. The summed E-state index contributed by atoms with van der Waals surface area (Å²) in [5.41, 5.74) is 7.07. The molecule has 1 aliphatic heterocycles. The van der Waals surface area contributed by atoms with Crippen molar-refractivity contribution in [2.75, 3.05) is 13.1 Å². The van der Waals surface area contributed by atoms with Gasteiger partial charge in [-0.1, -0.05) is 12.2 Å². The lowest BCUT2D eigenvalue weighted by atomic mass is 10.1.